The quantitative estimate of drug-likeness (QED) is 0.758. The van der Waals surface area contributed by atoms with Gasteiger partial charge in [0, 0.05) is 6.42 Å². The van der Waals surface area contributed by atoms with Crippen LogP contribution < -0.4 is 0 Å². The number of carboxylic acids is 1. The van der Waals surface area contributed by atoms with E-state index in [1.807, 2.05) is 24.3 Å². The van der Waals surface area contributed by atoms with Crippen molar-refractivity contribution in [1.82, 2.24) is 0 Å². The standard InChI is InChI=1S/C12H12O3/c13-11(12(14)15)7-8-5-9-3-1-2-4-10(9)6-8/h1-4,8H,5-7H2,(H,14,15). The minimum absolute atomic E-state index is 0.157. The molecule has 0 atom stereocenters. The maximum absolute atomic E-state index is 11.1. The highest BCUT2D eigenvalue weighted by atomic mass is 16.4. The fourth-order valence-electron chi connectivity index (χ4n) is 2.14. The average molecular weight is 204 g/mol. The lowest BCUT2D eigenvalue weighted by Gasteiger charge is -2.04. The summed E-state index contributed by atoms with van der Waals surface area (Å²) in [5.74, 6) is -1.82. The third-order valence-electron chi connectivity index (χ3n) is 2.85. The van der Waals surface area contributed by atoms with Crippen LogP contribution in [0.1, 0.15) is 17.5 Å². The Bertz CT molecular complexity index is 384. The number of carboxylic acid groups (broad SMARTS) is 1. The Kier molecular flexibility index (Phi) is 2.54. The third-order valence-corrected chi connectivity index (χ3v) is 2.85. The first-order valence-electron chi connectivity index (χ1n) is 4.99. The molecule has 0 amide bonds. The van der Waals surface area contributed by atoms with E-state index in [9.17, 15) is 9.59 Å². The highest BCUT2D eigenvalue weighted by Crippen LogP contribution is 2.28. The second-order valence-electron chi connectivity index (χ2n) is 3.98. The SMILES string of the molecule is O=C(O)C(=O)CC1Cc2ccccc2C1. The number of benzene rings is 1. The van der Waals surface area contributed by atoms with Crippen molar-refractivity contribution >= 4 is 11.8 Å². The number of hydrogen-bond donors (Lipinski definition) is 1. The molecule has 2 rings (SSSR count). The van der Waals surface area contributed by atoms with Crippen LogP contribution >= 0.6 is 0 Å². The van der Waals surface area contributed by atoms with Gasteiger partial charge in [-0.2, -0.15) is 0 Å². The predicted octanol–water partition coefficient (Wildman–Crippen LogP) is 1.45. The summed E-state index contributed by atoms with van der Waals surface area (Å²) in [6.07, 6.45) is 1.81. The summed E-state index contributed by atoms with van der Waals surface area (Å²) in [6, 6.07) is 8.03. The minimum atomic E-state index is -1.31. The van der Waals surface area contributed by atoms with Gasteiger partial charge in [-0.15, -0.1) is 0 Å². The van der Waals surface area contributed by atoms with E-state index in [0.29, 0.717) is 0 Å². The largest absolute Gasteiger partial charge is 0.476 e. The summed E-state index contributed by atoms with van der Waals surface area (Å²) in [5, 5.41) is 8.51. The highest BCUT2D eigenvalue weighted by molar-refractivity contribution is 6.32. The van der Waals surface area contributed by atoms with E-state index >= 15 is 0 Å². The van der Waals surface area contributed by atoms with Gasteiger partial charge in [-0.05, 0) is 29.9 Å². The van der Waals surface area contributed by atoms with Crippen LogP contribution in [0.3, 0.4) is 0 Å². The number of aliphatic carboxylic acids is 1. The van der Waals surface area contributed by atoms with Crippen LogP contribution in [-0.2, 0) is 22.4 Å². The van der Waals surface area contributed by atoms with Crippen molar-refractivity contribution in [2.24, 2.45) is 5.92 Å². The Labute approximate surface area is 87.7 Å². The number of carbonyl (C=O) groups is 2. The van der Waals surface area contributed by atoms with Crippen LogP contribution in [0.25, 0.3) is 0 Å². The Morgan fingerprint density at radius 3 is 2.20 bits per heavy atom. The minimum Gasteiger partial charge on any atom is -0.476 e. The van der Waals surface area contributed by atoms with Gasteiger partial charge in [-0.3, -0.25) is 4.79 Å². The molecule has 0 aromatic heterocycles. The van der Waals surface area contributed by atoms with Gasteiger partial charge in [0.2, 0.25) is 5.78 Å². The normalized spacial score (nSPS) is 14.9. The maximum atomic E-state index is 11.1. The number of hydrogen-bond acceptors (Lipinski definition) is 2. The van der Waals surface area contributed by atoms with Gasteiger partial charge in [-0.25, -0.2) is 4.79 Å². The second-order valence-corrected chi connectivity index (χ2v) is 3.98. The van der Waals surface area contributed by atoms with E-state index in [2.05, 4.69) is 0 Å². The highest BCUT2D eigenvalue weighted by Gasteiger charge is 2.25. The molecule has 1 aromatic rings. The Balaban J connectivity index is 2.02. The van der Waals surface area contributed by atoms with Gasteiger partial charge >= 0.3 is 5.97 Å². The lowest BCUT2D eigenvalue weighted by atomic mass is 9.99. The first kappa shape index (κ1) is 9.90. The van der Waals surface area contributed by atoms with Gasteiger partial charge in [0.1, 0.15) is 0 Å². The topological polar surface area (TPSA) is 54.4 Å². The molecule has 1 aliphatic rings. The molecular formula is C12H12O3. The summed E-state index contributed by atoms with van der Waals surface area (Å²) < 4.78 is 0. The second kappa shape index (κ2) is 3.85. The lowest BCUT2D eigenvalue weighted by Crippen LogP contribution is -2.17. The molecule has 0 spiro atoms. The van der Waals surface area contributed by atoms with Crippen LogP contribution in [0.4, 0.5) is 0 Å². The molecule has 0 fully saturated rings. The Morgan fingerprint density at radius 2 is 1.73 bits per heavy atom. The molecule has 0 bridgehead atoms. The van der Waals surface area contributed by atoms with Gasteiger partial charge in [0.25, 0.3) is 0 Å². The summed E-state index contributed by atoms with van der Waals surface area (Å²) in [5.41, 5.74) is 2.50. The van der Waals surface area contributed by atoms with Gasteiger partial charge in [0.15, 0.2) is 0 Å². The molecule has 0 aliphatic heterocycles. The van der Waals surface area contributed by atoms with Crippen molar-refractivity contribution in [3.63, 3.8) is 0 Å². The summed E-state index contributed by atoms with van der Waals surface area (Å²) in [7, 11) is 0. The number of ketones is 1. The van der Waals surface area contributed by atoms with Crippen molar-refractivity contribution in [3.05, 3.63) is 35.4 Å². The third kappa shape index (κ3) is 2.06. The molecule has 1 N–H and O–H groups in total. The molecule has 78 valence electrons. The molecule has 0 saturated carbocycles. The first-order chi connectivity index (χ1) is 7.16. The van der Waals surface area contributed by atoms with Gasteiger partial charge in [0.05, 0.1) is 0 Å². The molecule has 1 aromatic carbocycles. The van der Waals surface area contributed by atoms with E-state index in [0.717, 1.165) is 12.8 Å². The monoisotopic (exact) mass is 204 g/mol. The Hall–Kier alpha value is -1.64. The van der Waals surface area contributed by atoms with E-state index in [1.165, 1.54) is 11.1 Å². The smallest absolute Gasteiger partial charge is 0.372 e. The van der Waals surface area contributed by atoms with Crippen molar-refractivity contribution in [3.8, 4) is 0 Å². The van der Waals surface area contributed by atoms with Gasteiger partial charge < -0.3 is 5.11 Å². The van der Waals surface area contributed by atoms with Crippen LogP contribution in [0, 0.1) is 5.92 Å². The van der Waals surface area contributed by atoms with Gasteiger partial charge in [-0.1, -0.05) is 24.3 Å². The fraction of sp³-hybridized carbons (Fsp3) is 0.333. The molecule has 3 nitrogen and oxygen atoms in total. The summed E-state index contributed by atoms with van der Waals surface area (Å²) >= 11 is 0. The van der Waals surface area contributed by atoms with Crippen molar-refractivity contribution in [2.75, 3.05) is 0 Å². The maximum Gasteiger partial charge on any atom is 0.372 e. The zero-order chi connectivity index (χ0) is 10.8. The predicted molar refractivity (Wildman–Crippen MR) is 54.6 cm³/mol. The van der Waals surface area contributed by atoms with Crippen molar-refractivity contribution in [1.29, 1.82) is 0 Å². The van der Waals surface area contributed by atoms with Crippen LogP contribution in [0.5, 0.6) is 0 Å². The van der Waals surface area contributed by atoms with E-state index in [1.54, 1.807) is 0 Å². The van der Waals surface area contributed by atoms with Crippen LogP contribution in [0.15, 0.2) is 24.3 Å². The lowest BCUT2D eigenvalue weighted by molar-refractivity contribution is -0.149. The first-order valence-corrected chi connectivity index (χ1v) is 4.99. The molecule has 3 heteroatoms. The van der Waals surface area contributed by atoms with Crippen LogP contribution in [0.2, 0.25) is 0 Å². The molecular weight excluding hydrogens is 192 g/mol. The molecule has 0 heterocycles. The number of Topliss-reactive ketones (excluding diaryl/α,β-unsaturated/α-hetero) is 1. The van der Waals surface area contributed by atoms with Crippen molar-refractivity contribution < 1.29 is 14.7 Å². The molecule has 0 radical (unpaired) electrons. The molecule has 0 saturated heterocycles. The van der Waals surface area contributed by atoms with Crippen LogP contribution in [-0.4, -0.2) is 16.9 Å². The van der Waals surface area contributed by atoms with Crippen molar-refractivity contribution in [2.45, 2.75) is 19.3 Å². The number of carbonyl (C=O) groups excluding carboxylic acids is 1. The number of fused-ring (bicyclic) bond motifs is 1. The fourth-order valence-corrected chi connectivity index (χ4v) is 2.14. The van der Waals surface area contributed by atoms with E-state index in [-0.39, 0.29) is 12.3 Å². The zero-order valence-electron chi connectivity index (χ0n) is 8.27. The summed E-state index contributed by atoms with van der Waals surface area (Å²) in [6.45, 7) is 0. The molecule has 0 unspecified atom stereocenters. The van der Waals surface area contributed by atoms with E-state index < -0.39 is 11.8 Å². The number of rotatable bonds is 3. The average Bonchev–Trinajstić information content (AvgIpc) is 2.59. The molecule has 1 aliphatic carbocycles. The Morgan fingerprint density at radius 1 is 1.20 bits per heavy atom. The molecule has 15 heavy (non-hydrogen) atoms. The van der Waals surface area contributed by atoms with E-state index in [4.69, 9.17) is 5.11 Å². The summed E-state index contributed by atoms with van der Waals surface area (Å²) in [4.78, 5) is 21.5. The zero-order valence-corrected chi connectivity index (χ0v) is 8.27.